The molecule has 0 radical (unpaired) electrons. The second-order valence-electron chi connectivity index (χ2n) is 6.77. The summed E-state index contributed by atoms with van der Waals surface area (Å²) in [7, 11) is 0. The van der Waals surface area contributed by atoms with Crippen molar-refractivity contribution in [2.75, 3.05) is 31.1 Å². The lowest BCUT2D eigenvalue weighted by molar-refractivity contribution is -0.129. The maximum Gasteiger partial charge on any atom is 0.235 e. The molecule has 1 fully saturated rings. The summed E-state index contributed by atoms with van der Waals surface area (Å²) in [6.45, 7) is 9.96. The van der Waals surface area contributed by atoms with E-state index in [2.05, 4.69) is 19.7 Å². The molecule has 3 rings (SSSR count). The predicted molar refractivity (Wildman–Crippen MR) is 107 cm³/mol. The van der Waals surface area contributed by atoms with Crippen molar-refractivity contribution in [3.05, 3.63) is 24.2 Å². The highest BCUT2D eigenvalue weighted by molar-refractivity contribution is 8.00. The number of aromatic nitrogens is 3. The second kappa shape index (κ2) is 9.30. The van der Waals surface area contributed by atoms with E-state index in [0.29, 0.717) is 6.54 Å². The highest BCUT2D eigenvalue weighted by atomic mass is 32.2. The van der Waals surface area contributed by atoms with Crippen LogP contribution in [0.1, 0.15) is 45.8 Å². The Balaban J connectivity index is 1.83. The molecule has 1 atom stereocenters. The van der Waals surface area contributed by atoms with Crippen LogP contribution in [0.15, 0.2) is 28.0 Å². The average molecular weight is 392 g/mol. The van der Waals surface area contributed by atoms with Crippen molar-refractivity contribution in [2.24, 2.45) is 0 Å². The molecule has 27 heavy (non-hydrogen) atoms. The minimum atomic E-state index is -0.210. The Morgan fingerprint density at radius 2 is 2.00 bits per heavy atom. The molecule has 0 aromatic carbocycles. The van der Waals surface area contributed by atoms with Crippen LogP contribution < -0.4 is 4.90 Å². The molecule has 0 saturated carbocycles. The summed E-state index contributed by atoms with van der Waals surface area (Å²) in [5, 5.41) is 9.45. The van der Waals surface area contributed by atoms with Crippen LogP contribution in [0.2, 0.25) is 0 Å². The van der Waals surface area contributed by atoms with E-state index < -0.39 is 0 Å². The molecule has 148 valence electrons. The number of amides is 1. The summed E-state index contributed by atoms with van der Waals surface area (Å²) in [5.74, 6) is 1.87. The van der Waals surface area contributed by atoms with Crippen molar-refractivity contribution >= 4 is 23.6 Å². The van der Waals surface area contributed by atoms with E-state index in [4.69, 9.17) is 4.42 Å². The number of piperidine rings is 1. The van der Waals surface area contributed by atoms with Gasteiger partial charge in [-0.3, -0.25) is 9.36 Å². The van der Waals surface area contributed by atoms with Crippen molar-refractivity contribution in [3.63, 3.8) is 0 Å². The topological polar surface area (TPSA) is 67.4 Å². The van der Waals surface area contributed by atoms with Crippen LogP contribution >= 0.6 is 11.8 Å². The van der Waals surface area contributed by atoms with E-state index >= 15 is 0 Å². The molecule has 3 heterocycles. The zero-order valence-corrected chi connectivity index (χ0v) is 17.2. The fraction of sp³-hybridized carbons (Fsp3) is 0.632. The first-order chi connectivity index (χ1) is 13.1. The molecule has 0 bridgehead atoms. The summed E-state index contributed by atoms with van der Waals surface area (Å²) in [4.78, 5) is 16.8. The summed E-state index contributed by atoms with van der Waals surface area (Å²) in [5.41, 5.74) is 0. The van der Waals surface area contributed by atoms with Crippen LogP contribution in [0.5, 0.6) is 0 Å². The van der Waals surface area contributed by atoms with Crippen molar-refractivity contribution in [1.29, 1.82) is 0 Å². The maximum absolute atomic E-state index is 12.7. The van der Waals surface area contributed by atoms with Gasteiger partial charge in [0.2, 0.25) is 11.9 Å². The fourth-order valence-electron chi connectivity index (χ4n) is 3.39. The van der Waals surface area contributed by atoms with Crippen LogP contribution in [0.25, 0.3) is 0 Å². The van der Waals surface area contributed by atoms with Gasteiger partial charge in [0, 0.05) is 26.2 Å². The number of carbonyl (C=O) groups is 1. The molecular formula is C19H29N5O2S. The fourth-order valence-corrected chi connectivity index (χ4v) is 4.32. The summed E-state index contributed by atoms with van der Waals surface area (Å²) < 4.78 is 7.63. The molecule has 8 heteroatoms. The number of rotatable bonds is 8. The number of carbonyl (C=O) groups excluding carboxylic acids is 1. The van der Waals surface area contributed by atoms with Crippen LogP contribution in [0.4, 0.5) is 5.95 Å². The normalized spacial score (nSPS) is 15.7. The van der Waals surface area contributed by atoms with Gasteiger partial charge in [0.1, 0.15) is 5.76 Å². The highest BCUT2D eigenvalue weighted by Gasteiger charge is 2.25. The average Bonchev–Trinajstić information content (AvgIpc) is 3.34. The van der Waals surface area contributed by atoms with Gasteiger partial charge in [-0.05, 0) is 52.2 Å². The number of anilines is 1. The lowest BCUT2D eigenvalue weighted by atomic mass is 10.1. The predicted octanol–water partition coefficient (Wildman–Crippen LogP) is 3.26. The number of thioether (sulfide) groups is 1. The standard InChI is InChI=1S/C19H29N5O2S/c1-4-22(5-2)17(25)15(3)27-19-21-20-18(23-11-7-6-8-12-23)24(19)14-16-10-9-13-26-16/h9-10,13,15H,4-8,11-12,14H2,1-3H3. The first kappa shape index (κ1) is 19.8. The summed E-state index contributed by atoms with van der Waals surface area (Å²) in [6, 6.07) is 3.85. The Labute approximate surface area is 165 Å². The van der Waals surface area contributed by atoms with Gasteiger partial charge in [0.25, 0.3) is 0 Å². The van der Waals surface area contributed by atoms with Gasteiger partial charge in [-0.15, -0.1) is 10.2 Å². The van der Waals surface area contributed by atoms with Crippen LogP contribution in [0, 0.1) is 0 Å². The number of hydrogen-bond donors (Lipinski definition) is 0. The Morgan fingerprint density at radius 1 is 1.26 bits per heavy atom. The van der Waals surface area contributed by atoms with E-state index in [1.165, 1.54) is 31.0 Å². The molecular weight excluding hydrogens is 362 g/mol. The van der Waals surface area contributed by atoms with Gasteiger partial charge >= 0.3 is 0 Å². The number of furan rings is 1. The highest BCUT2D eigenvalue weighted by Crippen LogP contribution is 2.29. The first-order valence-corrected chi connectivity index (χ1v) is 10.7. The molecule has 1 aliphatic heterocycles. The molecule has 7 nitrogen and oxygen atoms in total. The Morgan fingerprint density at radius 3 is 2.63 bits per heavy atom. The SMILES string of the molecule is CCN(CC)C(=O)C(C)Sc1nnc(N2CCCCC2)n1Cc1ccco1. The minimum absolute atomic E-state index is 0.136. The third-order valence-corrected chi connectivity index (χ3v) is 6.00. The Kier molecular flexibility index (Phi) is 6.82. The maximum atomic E-state index is 12.7. The van der Waals surface area contributed by atoms with Crippen LogP contribution in [-0.2, 0) is 11.3 Å². The molecule has 2 aromatic rings. The summed E-state index contributed by atoms with van der Waals surface area (Å²) >= 11 is 1.47. The third-order valence-electron chi connectivity index (χ3n) is 4.94. The summed E-state index contributed by atoms with van der Waals surface area (Å²) in [6.07, 6.45) is 5.29. The van der Waals surface area contributed by atoms with E-state index in [1.54, 1.807) is 6.26 Å². The minimum Gasteiger partial charge on any atom is -0.467 e. The van der Waals surface area contributed by atoms with Crippen LogP contribution in [0.3, 0.4) is 0 Å². The molecule has 2 aromatic heterocycles. The van der Waals surface area contributed by atoms with E-state index in [1.807, 2.05) is 37.8 Å². The molecule has 1 saturated heterocycles. The smallest absolute Gasteiger partial charge is 0.235 e. The quantitative estimate of drug-likeness (QED) is 0.644. The Hall–Kier alpha value is -1.96. The molecule has 0 aliphatic carbocycles. The van der Waals surface area contributed by atoms with Gasteiger partial charge in [-0.25, -0.2) is 0 Å². The van der Waals surface area contributed by atoms with Crippen molar-refractivity contribution < 1.29 is 9.21 Å². The molecule has 1 aliphatic rings. The molecule has 0 N–H and O–H groups in total. The monoisotopic (exact) mass is 391 g/mol. The second-order valence-corrected chi connectivity index (χ2v) is 8.07. The molecule has 1 amide bonds. The zero-order chi connectivity index (χ0) is 19.2. The van der Waals surface area contributed by atoms with Crippen molar-refractivity contribution in [3.8, 4) is 0 Å². The largest absolute Gasteiger partial charge is 0.467 e. The number of nitrogens with zero attached hydrogens (tertiary/aromatic N) is 5. The molecule has 1 unspecified atom stereocenters. The number of hydrogen-bond acceptors (Lipinski definition) is 6. The van der Waals surface area contributed by atoms with Gasteiger partial charge < -0.3 is 14.2 Å². The van der Waals surface area contributed by atoms with E-state index in [-0.39, 0.29) is 11.2 Å². The third kappa shape index (κ3) is 4.66. The molecule has 0 spiro atoms. The van der Waals surface area contributed by atoms with E-state index in [9.17, 15) is 4.79 Å². The van der Waals surface area contributed by atoms with Crippen molar-refractivity contribution in [1.82, 2.24) is 19.7 Å². The van der Waals surface area contributed by atoms with Gasteiger partial charge in [0.15, 0.2) is 5.16 Å². The van der Waals surface area contributed by atoms with Gasteiger partial charge in [-0.2, -0.15) is 0 Å². The van der Waals surface area contributed by atoms with Crippen molar-refractivity contribution in [2.45, 2.75) is 57.0 Å². The lowest BCUT2D eigenvalue weighted by Gasteiger charge is -2.28. The zero-order valence-electron chi connectivity index (χ0n) is 16.4. The first-order valence-electron chi connectivity index (χ1n) is 9.80. The van der Waals surface area contributed by atoms with Gasteiger partial charge in [0.05, 0.1) is 18.1 Å². The Bertz CT molecular complexity index is 721. The lowest BCUT2D eigenvalue weighted by Crippen LogP contribution is -2.36. The van der Waals surface area contributed by atoms with Crippen LogP contribution in [-0.4, -0.2) is 57.0 Å². The van der Waals surface area contributed by atoms with Gasteiger partial charge in [-0.1, -0.05) is 11.8 Å². The van der Waals surface area contributed by atoms with E-state index in [0.717, 1.165) is 43.0 Å².